The summed E-state index contributed by atoms with van der Waals surface area (Å²) in [5.74, 6) is 0.437. The van der Waals surface area contributed by atoms with E-state index in [-0.39, 0.29) is 11.4 Å². The van der Waals surface area contributed by atoms with E-state index in [1.165, 1.54) is 30.0 Å². The summed E-state index contributed by atoms with van der Waals surface area (Å²) in [7, 11) is -1.82. The fourth-order valence-electron chi connectivity index (χ4n) is 1.93. The van der Waals surface area contributed by atoms with Crippen molar-refractivity contribution in [2.75, 3.05) is 0 Å². The molecule has 2 aromatic rings. The van der Waals surface area contributed by atoms with E-state index >= 15 is 0 Å². The zero-order chi connectivity index (χ0) is 14.9. The average Bonchev–Trinajstić information content (AvgIpc) is 2.97. The smallest absolute Gasteiger partial charge is 0.242 e. The van der Waals surface area contributed by atoms with Crippen LogP contribution in [0.5, 0.6) is 0 Å². The number of aromatic amines is 1. The predicted molar refractivity (Wildman–Crippen MR) is 75.7 cm³/mol. The molecule has 0 bridgehead atoms. The summed E-state index contributed by atoms with van der Waals surface area (Å²) in [6.07, 6.45) is 5.43. The van der Waals surface area contributed by atoms with Gasteiger partial charge in [-0.2, -0.15) is 5.10 Å². The number of nitrogens with zero attached hydrogens (tertiary/aromatic N) is 3. The van der Waals surface area contributed by atoms with Gasteiger partial charge in [0.2, 0.25) is 10.0 Å². The molecule has 0 saturated heterocycles. The van der Waals surface area contributed by atoms with Gasteiger partial charge in [-0.05, 0) is 18.9 Å². The second-order valence-electron chi connectivity index (χ2n) is 5.17. The van der Waals surface area contributed by atoms with Crippen LogP contribution in [-0.2, 0) is 30.2 Å². The van der Waals surface area contributed by atoms with Crippen LogP contribution in [0.2, 0.25) is 0 Å². The molecule has 0 unspecified atom stereocenters. The maximum Gasteiger partial charge on any atom is 0.242 e. The summed E-state index contributed by atoms with van der Waals surface area (Å²) in [6, 6.07) is 2.23. The zero-order valence-electron chi connectivity index (χ0n) is 11.7. The van der Waals surface area contributed by atoms with Gasteiger partial charge >= 0.3 is 0 Å². The van der Waals surface area contributed by atoms with Crippen LogP contribution in [0.25, 0.3) is 0 Å². The van der Waals surface area contributed by atoms with Gasteiger partial charge in [-0.1, -0.05) is 0 Å². The Morgan fingerprint density at radius 1 is 1.43 bits per heavy atom. The normalized spacial score (nSPS) is 15.5. The molecule has 1 saturated carbocycles. The fourth-order valence-corrected chi connectivity index (χ4v) is 2.92. The summed E-state index contributed by atoms with van der Waals surface area (Å²) in [5, 5.41) is 7.36. The van der Waals surface area contributed by atoms with Gasteiger partial charge in [-0.25, -0.2) is 18.1 Å². The number of H-pyrrole nitrogens is 1. The van der Waals surface area contributed by atoms with Crippen LogP contribution in [0, 0.1) is 0 Å². The zero-order valence-corrected chi connectivity index (χ0v) is 12.5. The van der Waals surface area contributed by atoms with Gasteiger partial charge in [0.05, 0.1) is 11.4 Å². The molecule has 1 aliphatic carbocycles. The molecule has 3 N–H and O–H groups in total. The summed E-state index contributed by atoms with van der Waals surface area (Å²) >= 11 is 0. The highest BCUT2D eigenvalue weighted by atomic mass is 32.2. The van der Waals surface area contributed by atoms with Gasteiger partial charge in [0.25, 0.3) is 0 Å². The van der Waals surface area contributed by atoms with Crippen molar-refractivity contribution in [1.82, 2.24) is 29.8 Å². The van der Waals surface area contributed by atoms with Crippen molar-refractivity contribution < 1.29 is 8.42 Å². The average molecular weight is 310 g/mol. The van der Waals surface area contributed by atoms with Crippen LogP contribution in [0.3, 0.4) is 0 Å². The first-order chi connectivity index (χ1) is 10.0. The number of sulfonamides is 1. The van der Waals surface area contributed by atoms with Crippen LogP contribution >= 0.6 is 0 Å². The van der Waals surface area contributed by atoms with Gasteiger partial charge in [0, 0.05) is 31.5 Å². The highest BCUT2D eigenvalue weighted by Crippen LogP contribution is 2.19. The molecule has 0 radical (unpaired) electrons. The second-order valence-corrected chi connectivity index (χ2v) is 6.94. The SMILES string of the molecule is Cn1cnc(CNS(=O)(=O)c2c[nH]c(CNC3CC3)c2)n1. The molecule has 8 nitrogen and oxygen atoms in total. The molecule has 0 aromatic carbocycles. The largest absolute Gasteiger partial charge is 0.363 e. The molecular weight excluding hydrogens is 292 g/mol. The third-order valence-corrected chi connectivity index (χ3v) is 4.63. The lowest BCUT2D eigenvalue weighted by Gasteiger charge is -2.02. The minimum absolute atomic E-state index is 0.0734. The number of nitrogens with one attached hydrogen (secondary N) is 3. The van der Waals surface area contributed by atoms with Crippen molar-refractivity contribution in [2.45, 2.75) is 36.9 Å². The number of hydrogen-bond acceptors (Lipinski definition) is 5. The number of rotatable bonds is 7. The first-order valence-corrected chi connectivity index (χ1v) is 8.26. The maximum absolute atomic E-state index is 12.2. The molecule has 2 aromatic heterocycles. The highest BCUT2D eigenvalue weighted by Gasteiger charge is 2.21. The second kappa shape index (κ2) is 5.58. The Labute approximate surface area is 123 Å². The first kappa shape index (κ1) is 14.2. The van der Waals surface area contributed by atoms with E-state index in [0.29, 0.717) is 18.4 Å². The van der Waals surface area contributed by atoms with E-state index in [4.69, 9.17) is 0 Å². The fraction of sp³-hybridized carbons (Fsp3) is 0.500. The molecule has 0 aliphatic heterocycles. The maximum atomic E-state index is 12.2. The lowest BCUT2D eigenvalue weighted by Crippen LogP contribution is -2.23. The molecule has 114 valence electrons. The molecule has 21 heavy (non-hydrogen) atoms. The van der Waals surface area contributed by atoms with Crippen molar-refractivity contribution in [3.05, 3.63) is 30.1 Å². The van der Waals surface area contributed by atoms with E-state index in [1.807, 2.05) is 0 Å². The summed E-state index contributed by atoms with van der Waals surface area (Å²) in [5.41, 5.74) is 0.859. The lowest BCUT2D eigenvalue weighted by atomic mass is 10.4. The minimum Gasteiger partial charge on any atom is -0.363 e. The van der Waals surface area contributed by atoms with E-state index in [9.17, 15) is 8.42 Å². The molecule has 1 fully saturated rings. The van der Waals surface area contributed by atoms with Crippen molar-refractivity contribution in [3.8, 4) is 0 Å². The summed E-state index contributed by atoms with van der Waals surface area (Å²) < 4.78 is 28.3. The Balaban J connectivity index is 1.60. The van der Waals surface area contributed by atoms with Gasteiger partial charge in [-0.3, -0.25) is 4.68 Å². The Bertz CT molecular complexity index is 716. The van der Waals surface area contributed by atoms with Crippen LogP contribution < -0.4 is 10.0 Å². The molecule has 1 aliphatic rings. The third-order valence-electron chi connectivity index (χ3n) is 3.25. The lowest BCUT2D eigenvalue weighted by molar-refractivity contribution is 0.578. The Morgan fingerprint density at radius 2 is 2.24 bits per heavy atom. The molecule has 3 rings (SSSR count). The van der Waals surface area contributed by atoms with Crippen molar-refractivity contribution in [2.24, 2.45) is 7.05 Å². The predicted octanol–water partition coefficient (Wildman–Crippen LogP) is -0.126. The van der Waals surface area contributed by atoms with Crippen LogP contribution in [0.1, 0.15) is 24.4 Å². The Hall–Kier alpha value is -1.71. The number of hydrogen-bond donors (Lipinski definition) is 3. The van der Waals surface area contributed by atoms with Crippen LogP contribution in [-0.4, -0.2) is 34.2 Å². The Kier molecular flexibility index (Phi) is 3.79. The van der Waals surface area contributed by atoms with E-state index in [0.717, 1.165) is 5.69 Å². The molecule has 0 spiro atoms. The summed E-state index contributed by atoms with van der Waals surface area (Å²) in [4.78, 5) is 7.19. The molecule has 2 heterocycles. The molecular formula is C12H18N6O2S. The topological polar surface area (TPSA) is 105 Å². The monoisotopic (exact) mass is 310 g/mol. The van der Waals surface area contributed by atoms with Gasteiger partial charge in [0.15, 0.2) is 5.82 Å². The third kappa shape index (κ3) is 3.69. The molecule has 9 heteroatoms. The number of aromatic nitrogens is 4. The van der Waals surface area contributed by atoms with Gasteiger partial charge in [0.1, 0.15) is 6.33 Å². The van der Waals surface area contributed by atoms with Crippen molar-refractivity contribution in [3.63, 3.8) is 0 Å². The molecule has 0 atom stereocenters. The standard InChI is InChI=1S/C12H18N6O2S/c1-18-8-15-12(17-18)7-16-21(19,20)11-4-10(14-6-11)5-13-9-2-3-9/h4,6,8-9,13-14,16H,2-3,5,7H2,1H3. The van der Waals surface area contributed by atoms with Crippen molar-refractivity contribution >= 4 is 10.0 Å². The first-order valence-electron chi connectivity index (χ1n) is 6.78. The molecule has 0 amide bonds. The number of aryl methyl sites for hydroxylation is 1. The summed E-state index contributed by atoms with van der Waals surface area (Å²) in [6.45, 7) is 0.728. The highest BCUT2D eigenvalue weighted by molar-refractivity contribution is 7.89. The van der Waals surface area contributed by atoms with Gasteiger partial charge in [-0.15, -0.1) is 0 Å². The van der Waals surface area contributed by atoms with E-state index in [2.05, 4.69) is 25.1 Å². The van der Waals surface area contributed by atoms with Gasteiger partial charge < -0.3 is 10.3 Å². The Morgan fingerprint density at radius 3 is 2.90 bits per heavy atom. The van der Waals surface area contributed by atoms with E-state index < -0.39 is 10.0 Å². The van der Waals surface area contributed by atoms with Crippen LogP contribution in [0.4, 0.5) is 0 Å². The van der Waals surface area contributed by atoms with E-state index in [1.54, 1.807) is 13.1 Å². The quantitative estimate of drug-likeness (QED) is 0.661. The van der Waals surface area contributed by atoms with Crippen molar-refractivity contribution in [1.29, 1.82) is 0 Å². The minimum atomic E-state index is -3.55. The van der Waals surface area contributed by atoms with Crippen LogP contribution in [0.15, 0.2) is 23.5 Å².